The van der Waals surface area contributed by atoms with Gasteiger partial charge in [-0.25, -0.2) is 0 Å². The summed E-state index contributed by atoms with van der Waals surface area (Å²) in [4.78, 5) is 13.7. The highest BCUT2D eigenvalue weighted by atomic mass is 16.2. The fourth-order valence-electron chi connectivity index (χ4n) is 2.11. The minimum Gasteiger partial charge on any atom is -0.338 e. The summed E-state index contributed by atoms with van der Waals surface area (Å²) in [6, 6.07) is 10.2. The van der Waals surface area contributed by atoms with Gasteiger partial charge >= 0.3 is 0 Å². The Labute approximate surface area is 96.2 Å². The number of carbonyl (C=O) groups is 1. The van der Waals surface area contributed by atoms with E-state index in [-0.39, 0.29) is 11.9 Å². The van der Waals surface area contributed by atoms with Crippen LogP contribution < -0.4 is 5.73 Å². The van der Waals surface area contributed by atoms with Gasteiger partial charge in [0.15, 0.2) is 0 Å². The molecule has 2 atom stereocenters. The summed E-state index contributed by atoms with van der Waals surface area (Å²) < 4.78 is 0. The van der Waals surface area contributed by atoms with Crippen LogP contribution in [0.5, 0.6) is 0 Å². The third-order valence-corrected chi connectivity index (χ3v) is 3.20. The smallest absolute Gasteiger partial charge is 0.223 e. The summed E-state index contributed by atoms with van der Waals surface area (Å²) in [5, 5.41) is 0. The van der Waals surface area contributed by atoms with Gasteiger partial charge in [-0.2, -0.15) is 0 Å². The molecule has 86 valence electrons. The van der Waals surface area contributed by atoms with Crippen LogP contribution in [-0.4, -0.2) is 23.4 Å². The number of likely N-dealkylation sites (tertiary alicyclic amines) is 1. The van der Waals surface area contributed by atoms with Crippen LogP contribution in [0.4, 0.5) is 0 Å². The molecule has 1 aliphatic rings. The van der Waals surface area contributed by atoms with Crippen molar-refractivity contribution in [3.05, 3.63) is 35.9 Å². The minimum atomic E-state index is 0.102. The average Bonchev–Trinajstić information content (AvgIpc) is 2.62. The van der Waals surface area contributed by atoms with E-state index in [9.17, 15) is 4.79 Å². The van der Waals surface area contributed by atoms with Crippen LogP contribution >= 0.6 is 0 Å². The van der Waals surface area contributed by atoms with Gasteiger partial charge in [-0.15, -0.1) is 0 Å². The quantitative estimate of drug-likeness (QED) is 0.833. The molecule has 0 radical (unpaired) electrons. The molecule has 3 nitrogen and oxygen atoms in total. The van der Waals surface area contributed by atoms with E-state index in [4.69, 9.17) is 5.73 Å². The van der Waals surface area contributed by atoms with E-state index in [1.807, 2.05) is 42.2 Å². The average molecular weight is 218 g/mol. The molecule has 1 unspecified atom stereocenters. The van der Waals surface area contributed by atoms with Crippen molar-refractivity contribution in [3.63, 3.8) is 0 Å². The lowest BCUT2D eigenvalue weighted by Gasteiger charge is -2.18. The first-order valence-corrected chi connectivity index (χ1v) is 5.74. The van der Waals surface area contributed by atoms with Gasteiger partial charge in [0.25, 0.3) is 0 Å². The SMILES string of the molecule is C[C@H](N)C1CC(=O)N(Cc2ccccc2)C1. The van der Waals surface area contributed by atoms with Crippen molar-refractivity contribution in [2.45, 2.75) is 25.9 Å². The monoisotopic (exact) mass is 218 g/mol. The first-order valence-electron chi connectivity index (χ1n) is 5.74. The molecule has 16 heavy (non-hydrogen) atoms. The first-order chi connectivity index (χ1) is 7.66. The molecule has 1 saturated heterocycles. The van der Waals surface area contributed by atoms with Crippen molar-refractivity contribution in [2.75, 3.05) is 6.54 Å². The topological polar surface area (TPSA) is 46.3 Å². The third-order valence-electron chi connectivity index (χ3n) is 3.20. The summed E-state index contributed by atoms with van der Waals surface area (Å²) in [5.74, 6) is 0.544. The van der Waals surface area contributed by atoms with Crippen molar-refractivity contribution in [1.29, 1.82) is 0 Å². The van der Waals surface area contributed by atoms with E-state index < -0.39 is 0 Å². The van der Waals surface area contributed by atoms with Gasteiger partial charge in [-0.05, 0) is 12.5 Å². The van der Waals surface area contributed by atoms with Gasteiger partial charge in [-0.3, -0.25) is 4.79 Å². The van der Waals surface area contributed by atoms with Crippen molar-refractivity contribution in [3.8, 4) is 0 Å². The molecular weight excluding hydrogens is 200 g/mol. The Balaban J connectivity index is 1.99. The lowest BCUT2D eigenvalue weighted by atomic mass is 10.0. The minimum absolute atomic E-state index is 0.102. The summed E-state index contributed by atoms with van der Waals surface area (Å²) in [6.07, 6.45) is 0.602. The highest BCUT2D eigenvalue weighted by Crippen LogP contribution is 2.21. The van der Waals surface area contributed by atoms with Crippen molar-refractivity contribution in [1.82, 2.24) is 4.90 Å². The maximum atomic E-state index is 11.8. The maximum absolute atomic E-state index is 11.8. The fourth-order valence-corrected chi connectivity index (χ4v) is 2.11. The molecule has 0 bridgehead atoms. The predicted molar refractivity (Wildman–Crippen MR) is 63.6 cm³/mol. The zero-order valence-corrected chi connectivity index (χ0v) is 9.60. The largest absolute Gasteiger partial charge is 0.338 e. The van der Waals surface area contributed by atoms with Crippen molar-refractivity contribution < 1.29 is 4.79 Å². The molecule has 1 fully saturated rings. The fraction of sp³-hybridized carbons (Fsp3) is 0.462. The van der Waals surface area contributed by atoms with Gasteiger partial charge in [0.1, 0.15) is 0 Å². The normalized spacial score (nSPS) is 22.5. The molecule has 3 heteroatoms. The second kappa shape index (κ2) is 4.66. The molecule has 1 aromatic carbocycles. The van der Waals surface area contributed by atoms with E-state index >= 15 is 0 Å². The molecule has 0 spiro atoms. The van der Waals surface area contributed by atoms with E-state index in [0.717, 1.165) is 6.54 Å². The Hall–Kier alpha value is -1.35. The van der Waals surface area contributed by atoms with Crippen LogP contribution in [0.15, 0.2) is 30.3 Å². The first kappa shape index (κ1) is 11.1. The molecule has 0 saturated carbocycles. The van der Waals surface area contributed by atoms with E-state index in [2.05, 4.69) is 0 Å². The molecular formula is C13H18N2O. The molecule has 0 aromatic heterocycles. The number of amides is 1. The van der Waals surface area contributed by atoms with E-state index in [1.54, 1.807) is 0 Å². The van der Waals surface area contributed by atoms with Gasteiger partial charge in [-0.1, -0.05) is 30.3 Å². The number of hydrogen-bond acceptors (Lipinski definition) is 2. The van der Waals surface area contributed by atoms with Gasteiger partial charge < -0.3 is 10.6 Å². The lowest BCUT2D eigenvalue weighted by molar-refractivity contribution is -0.128. The van der Waals surface area contributed by atoms with Gasteiger partial charge in [0.2, 0.25) is 5.91 Å². The molecule has 0 aliphatic carbocycles. The van der Waals surface area contributed by atoms with Crippen LogP contribution in [0.1, 0.15) is 18.9 Å². The summed E-state index contributed by atoms with van der Waals surface area (Å²) >= 11 is 0. The summed E-state index contributed by atoms with van der Waals surface area (Å²) in [5.41, 5.74) is 7.02. The molecule has 1 aromatic rings. The Morgan fingerprint density at radius 3 is 2.69 bits per heavy atom. The van der Waals surface area contributed by atoms with Crippen LogP contribution in [0.25, 0.3) is 0 Å². The zero-order valence-electron chi connectivity index (χ0n) is 9.60. The molecule has 1 heterocycles. The van der Waals surface area contributed by atoms with Crippen molar-refractivity contribution in [2.24, 2.45) is 11.7 Å². The second-order valence-corrected chi connectivity index (χ2v) is 4.58. The van der Waals surface area contributed by atoms with Gasteiger partial charge in [0, 0.05) is 31.5 Å². The predicted octanol–water partition coefficient (Wildman–Crippen LogP) is 1.38. The number of nitrogens with two attached hydrogens (primary N) is 1. The Bertz CT molecular complexity index is 361. The van der Waals surface area contributed by atoms with Crippen LogP contribution in [0.2, 0.25) is 0 Å². The number of carbonyl (C=O) groups excluding carboxylic acids is 1. The molecule has 2 rings (SSSR count). The molecule has 2 N–H and O–H groups in total. The number of rotatable bonds is 3. The van der Waals surface area contributed by atoms with E-state index in [0.29, 0.717) is 18.9 Å². The van der Waals surface area contributed by atoms with Crippen LogP contribution in [-0.2, 0) is 11.3 Å². The molecule has 1 aliphatic heterocycles. The Kier molecular flexibility index (Phi) is 3.25. The van der Waals surface area contributed by atoms with Crippen LogP contribution in [0, 0.1) is 5.92 Å². The summed E-state index contributed by atoms with van der Waals surface area (Å²) in [6.45, 7) is 3.48. The maximum Gasteiger partial charge on any atom is 0.223 e. The highest BCUT2D eigenvalue weighted by molar-refractivity contribution is 5.78. The second-order valence-electron chi connectivity index (χ2n) is 4.58. The van der Waals surface area contributed by atoms with Gasteiger partial charge in [0.05, 0.1) is 0 Å². The molecule has 1 amide bonds. The zero-order chi connectivity index (χ0) is 11.5. The van der Waals surface area contributed by atoms with E-state index in [1.165, 1.54) is 5.56 Å². The van der Waals surface area contributed by atoms with Crippen molar-refractivity contribution >= 4 is 5.91 Å². The Morgan fingerprint density at radius 2 is 2.12 bits per heavy atom. The summed E-state index contributed by atoms with van der Waals surface area (Å²) in [7, 11) is 0. The number of hydrogen-bond donors (Lipinski definition) is 1. The highest BCUT2D eigenvalue weighted by Gasteiger charge is 2.31. The lowest BCUT2D eigenvalue weighted by Crippen LogP contribution is -2.30. The third kappa shape index (κ3) is 2.42. The Morgan fingerprint density at radius 1 is 1.44 bits per heavy atom. The standard InChI is InChI=1S/C13H18N2O/c1-10(14)12-7-13(16)15(9-12)8-11-5-3-2-4-6-11/h2-6,10,12H,7-9,14H2,1H3/t10-,12?/m0/s1. The van der Waals surface area contributed by atoms with Crippen LogP contribution in [0.3, 0.4) is 0 Å². The number of nitrogens with zero attached hydrogens (tertiary/aromatic N) is 1. The number of benzene rings is 1.